The average Bonchev–Trinajstić information content (AvgIpc) is 3.06. The molecule has 124 valence electrons. The Hall–Kier alpha value is -1.46. The summed E-state index contributed by atoms with van der Waals surface area (Å²) in [5, 5.41) is 12.4. The Balaban J connectivity index is 1.90. The van der Waals surface area contributed by atoms with Crippen molar-refractivity contribution in [1.29, 1.82) is 0 Å². The van der Waals surface area contributed by atoms with Gasteiger partial charge in [0.1, 0.15) is 5.60 Å². The van der Waals surface area contributed by atoms with Gasteiger partial charge in [-0.3, -0.25) is 0 Å². The molecule has 1 heterocycles. The SMILES string of the molecule is OC(CSc1ccccc1)(Cn1ccnc1)c1ccc(Cl)cc1Cl. The number of hydrogen-bond acceptors (Lipinski definition) is 3. The Morgan fingerprint density at radius 2 is 1.92 bits per heavy atom. The summed E-state index contributed by atoms with van der Waals surface area (Å²) in [6, 6.07) is 15.2. The van der Waals surface area contributed by atoms with Crippen LogP contribution in [0.25, 0.3) is 0 Å². The maximum Gasteiger partial charge on any atom is 0.118 e. The van der Waals surface area contributed by atoms with Crippen molar-refractivity contribution >= 4 is 35.0 Å². The van der Waals surface area contributed by atoms with Gasteiger partial charge in [-0.05, 0) is 24.3 Å². The van der Waals surface area contributed by atoms with Crippen molar-refractivity contribution in [2.45, 2.75) is 17.0 Å². The van der Waals surface area contributed by atoms with Gasteiger partial charge < -0.3 is 9.67 Å². The van der Waals surface area contributed by atoms with Gasteiger partial charge in [-0.2, -0.15) is 0 Å². The van der Waals surface area contributed by atoms with Crippen LogP contribution in [0.1, 0.15) is 5.56 Å². The van der Waals surface area contributed by atoms with Crippen molar-refractivity contribution in [2.75, 3.05) is 5.75 Å². The number of aliphatic hydroxyl groups is 1. The van der Waals surface area contributed by atoms with Crippen molar-refractivity contribution in [3.63, 3.8) is 0 Å². The van der Waals surface area contributed by atoms with Crippen LogP contribution in [0, 0.1) is 0 Å². The fraction of sp³-hybridized carbons (Fsp3) is 0.167. The lowest BCUT2D eigenvalue weighted by Gasteiger charge is -2.30. The fourth-order valence-corrected chi connectivity index (χ4v) is 4.06. The molecule has 1 aromatic heterocycles. The van der Waals surface area contributed by atoms with E-state index in [0.717, 1.165) is 4.90 Å². The summed E-state index contributed by atoms with van der Waals surface area (Å²) in [4.78, 5) is 5.14. The highest BCUT2D eigenvalue weighted by Gasteiger charge is 2.32. The number of benzene rings is 2. The first kappa shape index (κ1) is 17.4. The van der Waals surface area contributed by atoms with Crippen LogP contribution in [0.15, 0.2) is 72.1 Å². The molecule has 24 heavy (non-hydrogen) atoms. The topological polar surface area (TPSA) is 38.0 Å². The Bertz CT molecular complexity index is 796. The number of imidazole rings is 1. The zero-order valence-electron chi connectivity index (χ0n) is 12.8. The molecule has 0 aliphatic heterocycles. The van der Waals surface area contributed by atoms with Crippen LogP contribution >= 0.6 is 35.0 Å². The molecule has 0 bridgehead atoms. The van der Waals surface area contributed by atoms with E-state index >= 15 is 0 Å². The van der Waals surface area contributed by atoms with Gasteiger partial charge in [-0.15, -0.1) is 11.8 Å². The van der Waals surface area contributed by atoms with Gasteiger partial charge in [0.15, 0.2) is 0 Å². The van der Waals surface area contributed by atoms with Gasteiger partial charge >= 0.3 is 0 Å². The second-order valence-electron chi connectivity index (χ2n) is 5.49. The van der Waals surface area contributed by atoms with Gasteiger partial charge in [-0.1, -0.05) is 47.5 Å². The Morgan fingerprint density at radius 3 is 2.58 bits per heavy atom. The Labute approximate surface area is 155 Å². The Morgan fingerprint density at radius 1 is 1.12 bits per heavy atom. The summed E-state index contributed by atoms with van der Waals surface area (Å²) in [5.41, 5.74) is -0.492. The molecule has 3 aromatic rings. The van der Waals surface area contributed by atoms with E-state index in [1.807, 2.05) is 41.1 Å². The molecule has 3 rings (SSSR count). The second kappa shape index (κ2) is 7.62. The molecule has 0 aliphatic carbocycles. The normalized spacial score (nSPS) is 13.6. The summed E-state index contributed by atoms with van der Waals surface area (Å²) in [6.07, 6.45) is 5.19. The lowest BCUT2D eigenvalue weighted by Crippen LogP contribution is -2.34. The number of rotatable bonds is 6. The minimum absolute atomic E-state index is 0.355. The van der Waals surface area contributed by atoms with E-state index in [1.54, 1.807) is 42.5 Å². The summed E-state index contributed by atoms with van der Waals surface area (Å²) in [7, 11) is 0. The molecule has 1 atom stereocenters. The van der Waals surface area contributed by atoms with E-state index in [9.17, 15) is 5.11 Å². The number of aromatic nitrogens is 2. The first-order valence-electron chi connectivity index (χ1n) is 7.38. The van der Waals surface area contributed by atoms with Crippen LogP contribution in [0.3, 0.4) is 0 Å². The molecule has 6 heteroatoms. The van der Waals surface area contributed by atoms with Crippen molar-refractivity contribution in [2.24, 2.45) is 0 Å². The van der Waals surface area contributed by atoms with Gasteiger partial charge in [0.25, 0.3) is 0 Å². The van der Waals surface area contributed by atoms with Crippen LogP contribution in [-0.2, 0) is 12.1 Å². The molecular weight excluding hydrogens is 363 g/mol. The first-order chi connectivity index (χ1) is 11.6. The average molecular weight is 379 g/mol. The fourth-order valence-electron chi connectivity index (χ4n) is 2.48. The predicted molar refractivity (Wildman–Crippen MR) is 99.8 cm³/mol. The first-order valence-corrected chi connectivity index (χ1v) is 9.12. The summed E-state index contributed by atoms with van der Waals surface area (Å²) in [5.74, 6) is 0.455. The monoisotopic (exact) mass is 378 g/mol. The second-order valence-corrected chi connectivity index (χ2v) is 7.38. The lowest BCUT2D eigenvalue weighted by molar-refractivity contribution is 0.0435. The highest BCUT2D eigenvalue weighted by atomic mass is 35.5. The smallest absolute Gasteiger partial charge is 0.118 e. The molecule has 1 unspecified atom stereocenters. The van der Waals surface area contributed by atoms with Gasteiger partial charge in [0, 0.05) is 38.7 Å². The van der Waals surface area contributed by atoms with E-state index in [-0.39, 0.29) is 0 Å². The molecule has 0 saturated carbocycles. The summed E-state index contributed by atoms with van der Waals surface area (Å²) in [6.45, 7) is 0.355. The number of nitrogens with zero attached hydrogens (tertiary/aromatic N) is 2. The summed E-state index contributed by atoms with van der Waals surface area (Å²) >= 11 is 13.9. The van der Waals surface area contributed by atoms with Crippen LogP contribution in [0.4, 0.5) is 0 Å². The zero-order valence-corrected chi connectivity index (χ0v) is 15.1. The van der Waals surface area contributed by atoms with Crippen LogP contribution in [0.2, 0.25) is 10.0 Å². The third-order valence-electron chi connectivity index (χ3n) is 3.66. The van der Waals surface area contributed by atoms with Crippen LogP contribution in [-0.4, -0.2) is 20.4 Å². The molecule has 3 nitrogen and oxygen atoms in total. The largest absolute Gasteiger partial charge is 0.382 e. The van der Waals surface area contributed by atoms with E-state index in [4.69, 9.17) is 23.2 Å². The van der Waals surface area contributed by atoms with Crippen molar-refractivity contribution in [1.82, 2.24) is 9.55 Å². The zero-order chi connectivity index (χ0) is 17.0. The number of halogens is 2. The molecule has 1 N–H and O–H groups in total. The highest BCUT2D eigenvalue weighted by Crippen LogP contribution is 2.36. The molecule has 2 aromatic carbocycles. The van der Waals surface area contributed by atoms with Crippen molar-refractivity contribution < 1.29 is 5.11 Å². The van der Waals surface area contributed by atoms with E-state index in [2.05, 4.69) is 4.98 Å². The number of hydrogen-bond donors (Lipinski definition) is 1. The van der Waals surface area contributed by atoms with E-state index in [0.29, 0.717) is 27.9 Å². The molecule has 0 aliphatic rings. The summed E-state index contributed by atoms with van der Waals surface area (Å²) < 4.78 is 1.84. The van der Waals surface area contributed by atoms with Gasteiger partial charge in [-0.25, -0.2) is 4.98 Å². The molecule has 0 radical (unpaired) electrons. The van der Waals surface area contributed by atoms with Gasteiger partial charge in [0.2, 0.25) is 0 Å². The maximum absolute atomic E-state index is 11.4. The number of thioether (sulfide) groups is 1. The quantitative estimate of drug-likeness (QED) is 0.621. The standard InChI is InChI=1S/C18H16Cl2N2OS/c19-14-6-7-16(17(20)10-14)18(23,11-22-9-8-21-13-22)12-24-15-4-2-1-3-5-15/h1-10,13,23H,11-12H2. The molecular formula is C18H16Cl2N2OS. The van der Waals surface area contributed by atoms with Crippen LogP contribution < -0.4 is 0 Å². The van der Waals surface area contributed by atoms with E-state index in [1.165, 1.54) is 0 Å². The Kier molecular flexibility index (Phi) is 5.51. The lowest BCUT2D eigenvalue weighted by atomic mass is 9.95. The molecule has 0 fully saturated rings. The molecule has 0 spiro atoms. The van der Waals surface area contributed by atoms with Crippen molar-refractivity contribution in [3.8, 4) is 0 Å². The maximum atomic E-state index is 11.4. The molecule has 0 saturated heterocycles. The van der Waals surface area contributed by atoms with Gasteiger partial charge in [0.05, 0.1) is 12.9 Å². The molecule has 0 amide bonds. The van der Waals surface area contributed by atoms with Crippen LogP contribution in [0.5, 0.6) is 0 Å². The minimum atomic E-state index is -1.15. The minimum Gasteiger partial charge on any atom is -0.382 e. The third kappa shape index (κ3) is 4.14. The predicted octanol–water partition coefficient (Wildman–Crippen LogP) is 4.87. The van der Waals surface area contributed by atoms with Crippen molar-refractivity contribution in [3.05, 3.63) is 82.9 Å². The third-order valence-corrected chi connectivity index (χ3v) is 5.43. The highest BCUT2D eigenvalue weighted by molar-refractivity contribution is 7.99. The van der Waals surface area contributed by atoms with E-state index < -0.39 is 5.60 Å².